The third kappa shape index (κ3) is 4.37. The zero-order valence-corrected chi connectivity index (χ0v) is 16.7. The number of morpholine rings is 1. The van der Waals surface area contributed by atoms with Crippen molar-refractivity contribution < 1.29 is 23.9 Å². The maximum absolute atomic E-state index is 12.3. The number of carbonyl (C=O) groups excluding carboxylic acids is 3. The molecule has 2 fully saturated rings. The van der Waals surface area contributed by atoms with Gasteiger partial charge in [-0.05, 0) is 36.4 Å². The van der Waals surface area contributed by atoms with Crippen molar-refractivity contribution in [2.24, 2.45) is 0 Å². The van der Waals surface area contributed by atoms with Crippen LogP contribution in [0, 0.1) is 0 Å². The molecule has 1 unspecified atom stereocenters. The van der Waals surface area contributed by atoms with Gasteiger partial charge in [-0.2, -0.15) is 0 Å². The number of aromatic nitrogens is 1. The Labute approximate surface area is 177 Å². The van der Waals surface area contributed by atoms with E-state index in [-0.39, 0.29) is 25.0 Å². The van der Waals surface area contributed by atoms with Crippen LogP contribution in [0.2, 0.25) is 5.15 Å². The number of hydrogen-bond donors (Lipinski definition) is 1. The number of nitrogens with one attached hydrogen (secondary N) is 1. The number of halogens is 1. The highest BCUT2D eigenvalue weighted by atomic mass is 35.5. The molecule has 10 heteroatoms. The standard InChI is InChI=1S/C20H19ClN4O5/c21-17-6-1-13(9-22-17)19(27)23-10-16-11-25(20(28)30-16)15-4-2-14(3-5-15)24-7-8-29-12-18(24)26/h1-6,9,16H,7-8,10-12H2,(H,23,27). The van der Waals surface area contributed by atoms with Gasteiger partial charge in [-0.1, -0.05) is 11.6 Å². The van der Waals surface area contributed by atoms with Crippen LogP contribution in [0.4, 0.5) is 16.2 Å². The molecule has 156 valence electrons. The van der Waals surface area contributed by atoms with Crippen LogP contribution < -0.4 is 15.1 Å². The predicted octanol–water partition coefficient (Wildman–Crippen LogP) is 1.85. The van der Waals surface area contributed by atoms with Crippen LogP contribution in [-0.4, -0.2) is 61.8 Å². The molecule has 2 saturated heterocycles. The summed E-state index contributed by atoms with van der Waals surface area (Å²) in [5, 5.41) is 3.03. The van der Waals surface area contributed by atoms with Gasteiger partial charge in [-0.3, -0.25) is 14.5 Å². The van der Waals surface area contributed by atoms with Gasteiger partial charge in [-0.25, -0.2) is 9.78 Å². The Balaban J connectivity index is 1.34. The van der Waals surface area contributed by atoms with Gasteiger partial charge in [0.2, 0.25) is 0 Å². The molecule has 1 N–H and O–H groups in total. The van der Waals surface area contributed by atoms with E-state index in [1.807, 2.05) is 0 Å². The second kappa shape index (κ2) is 8.68. The fourth-order valence-corrected chi connectivity index (χ4v) is 3.37. The van der Waals surface area contributed by atoms with Crippen LogP contribution in [0.5, 0.6) is 0 Å². The molecule has 0 aliphatic carbocycles. The third-order valence-corrected chi connectivity index (χ3v) is 5.04. The zero-order valence-electron chi connectivity index (χ0n) is 15.9. The number of amides is 3. The van der Waals surface area contributed by atoms with E-state index in [2.05, 4.69) is 10.3 Å². The molecule has 1 aromatic heterocycles. The van der Waals surface area contributed by atoms with Crippen LogP contribution in [0.25, 0.3) is 0 Å². The number of hydrogen-bond acceptors (Lipinski definition) is 6. The highest BCUT2D eigenvalue weighted by molar-refractivity contribution is 6.29. The Bertz CT molecular complexity index is 951. The Morgan fingerprint density at radius 1 is 1.13 bits per heavy atom. The van der Waals surface area contributed by atoms with E-state index in [1.165, 1.54) is 17.2 Å². The molecule has 0 bridgehead atoms. The first-order chi connectivity index (χ1) is 14.5. The number of benzene rings is 1. The van der Waals surface area contributed by atoms with Crippen molar-refractivity contribution in [2.45, 2.75) is 6.10 Å². The van der Waals surface area contributed by atoms with Crippen molar-refractivity contribution >= 4 is 40.9 Å². The molecular weight excluding hydrogens is 412 g/mol. The van der Waals surface area contributed by atoms with Gasteiger partial charge >= 0.3 is 6.09 Å². The molecule has 0 saturated carbocycles. The van der Waals surface area contributed by atoms with Crippen molar-refractivity contribution in [2.75, 3.05) is 42.6 Å². The molecule has 2 aliphatic heterocycles. The van der Waals surface area contributed by atoms with Gasteiger partial charge in [0, 0.05) is 24.1 Å². The molecule has 9 nitrogen and oxygen atoms in total. The SMILES string of the molecule is O=C(NCC1CN(c2ccc(N3CCOCC3=O)cc2)C(=O)O1)c1ccc(Cl)nc1. The van der Waals surface area contributed by atoms with Gasteiger partial charge in [-0.15, -0.1) is 0 Å². The number of cyclic esters (lactones) is 1. The lowest BCUT2D eigenvalue weighted by molar-refractivity contribution is -0.125. The summed E-state index contributed by atoms with van der Waals surface area (Å²) < 4.78 is 10.5. The Hall–Kier alpha value is -3.17. The first kappa shape index (κ1) is 20.1. The van der Waals surface area contributed by atoms with Gasteiger partial charge in [0.25, 0.3) is 11.8 Å². The number of rotatable bonds is 5. The number of pyridine rings is 1. The number of anilines is 2. The van der Waals surface area contributed by atoms with E-state index in [9.17, 15) is 14.4 Å². The molecule has 3 heterocycles. The van der Waals surface area contributed by atoms with Gasteiger partial charge in [0.15, 0.2) is 0 Å². The van der Waals surface area contributed by atoms with Crippen LogP contribution >= 0.6 is 11.6 Å². The lowest BCUT2D eigenvalue weighted by Crippen LogP contribution is -2.41. The van der Waals surface area contributed by atoms with Crippen molar-refractivity contribution in [1.82, 2.24) is 10.3 Å². The van der Waals surface area contributed by atoms with Gasteiger partial charge in [0.1, 0.15) is 17.9 Å². The normalized spacial score (nSPS) is 19.0. The third-order valence-electron chi connectivity index (χ3n) is 4.81. The molecule has 1 atom stereocenters. The van der Waals surface area contributed by atoms with Crippen LogP contribution in [0.1, 0.15) is 10.4 Å². The van der Waals surface area contributed by atoms with E-state index in [4.69, 9.17) is 21.1 Å². The summed E-state index contributed by atoms with van der Waals surface area (Å²) in [6.07, 6.45) is 0.408. The van der Waals surface area contributed by atoms with E-state index >= 15 is 0 Å². The molecule has 1 aromatic carbocycles. The summed E-state index contributed by atoms with van der Waals surface area (Å²) in [5.74, 6) is -0.422. The largest absolute Gasteiger partial charge is 0.442 e. The number of nitrogens with zero attached hydrogens (tertiary/aromatic N) is 3. The minimum atomic E-state index is -0.488. The average molecular weight is 431 g/mol. The van der Waals surface area contributed by atoms with Crippen molar-refractivity contribution in [1.29, 1.82) is 0 Å². The molecule has 3 amide bonds. The summed E-state index contributed by atoms with van der Waals surface area (Å²) in [6.45, 7) is 1.53. The van der Waals surface area contributed by atoms with Crippen molar-refractivity contribution in [3.05, 3.63) is 53.3 Å². The molecular formula is C20H19ClN4O5. The molecule has 30 heavy (non-hydrogen) atoms. The van der Waals surface area contributed by atoms with Crippen LogP contribution in [-0.2, 0) is 14.3 Å². The second-order valence-corrected chi connectivity index (χ2v) is 7.20. The quantitative estimate of drug-likeness (QED) is 0.726. The zero-order chi connectivity index (χ0) is 21.1. The second-order valence-electron chi connectivity index (χ2n) is 6.81. The summed E-state index contributed by atoms with van der Waals surface area (Å²) in [4.78, 5) is 43.4. The summed E-state index contributed by atoms with van der Waals surface area (Å²) >= 11 is 5.72. The summed E-state index contributed by atoms with van der Waals surface area (Å²) in [5.41, 5.74) is 1.77. The van der Waals surface area contributed by atoms with Crippen LogP contribution in [0.3, 0.4) is 0 Å². The molecule has 0 radical (unpaired) electrons. The minimum absolute atomic E-state index is 0.0691. The molecule has 2 aliphatic rings. The van der Waals surface area contributed by atoms with E-state index in [0.29, 0.717) is 36.1 Å². The monoisotopic (exact) mass is 430 g/mol. The highest BCUT2D eigenvalue weighted by Crippen LogP contribution is 2.25. The predicted molar refractivity (Wildman–Crippen MR) is 109 cm³/mol. The van der Waals surface area contributed by atoms with Gasteiger partial charge < -0.3 is 19.7 Å². The molecule has 0 spiro atoms. The number of carbonyl (C=O) groups is 3. The van der Waals surface area contributed by atoms with Crippen LogP contribution in [0.15, 0.2) is 42.6 Å². The first-order valence-electron chi connectivity index (χ1n) is 9.37. The van der Waals surface area contributed by atoms with E-state index in [1.54, 1.807) is 35.2 Å². The van der Waals surface area contributed by atoms with E-state index < -0.39 is 12.2 Å². The first-order valence-corrected chi connectivity index (χ1v) is 9.75. The Morgan fingerprint density at radius 3 is 2.53 bits per heavy atom. The van der Waals surface area contributed by atoms with Gasteiger partial charge in [0.05, 0.1) is 25.3 Å². The summed E-state index contributed by atoms with van der Waals surface area (Å²) in [7, 11) is 0. The van der Waals surface area contributed by atoms with Crippen molar-refractivity contribution in [3.8, 4) is 0 Å². The summed E-state index contributed by atoms with van der Waals surface area (Å²) in [6, 6.07) is 10.2. The molecule has 2 aromatic rings. The highest BCUT2D eigenvalue weighted by Gasteiger charge is 2.32. The fourth-order valence-electron chi connectivity index (χ4n) is 3.26. The topological polar surface area (TPSA) is 101 Å². The maximum atomic E-state index is 12.3. The minimum Gasteiger partial charge on any atom is -0.442 e. The van der Waals surface area contributed by atoms with E-state index in [0.717, 1.165) is 5.69 Å². The lowest BCUT2D eigenvalue weighted by Gasteiger charge is -2.27. The Morgan fingerprint density at radius 2 is 1.87 bits per heavy atom. The lowest BCUT2D eigenvalue weighted by atomic mass is 10.2. The average Bonchev–Trinajstić information content (AvgIpc) is 3.13. The number of ether oxygens (including phenoxy) is 2. The fraction of sp³-hybridized carbons (Fsp3) is 0.300. The van der Waals surface area contributed by atoms with Crippen molar-refractivity contribution in [3.63, 3.8) is 0 Å². The maximum Gasteiger partial charge on any atom is 0.414 e. The smallest absolute Gasteiger partial charge is 0.414 e. The Kier molecular flexibility index (Phi) is 5.82. The molecule has 4 rings (SSSR count).